The maximum atomic E-state index is 14.9. The number of rotatable bonds is 16. The van der Waals surface area contributed by atoms with Crippen LogP contribution in [0, 0.1) is 5.92 Å². The van der Waals surface area contributed by atoms with Crippen LogP contribution < -0.4 is 27.0 Å². The summed E-state index contributed by atoms with van der Waals surface area (Å²) in [5.41, 5.74) is 6.22. The van der Waals surface area contributed by atoms with Gasteiger partial charge in [0.1, 0.15) is 17.3 Å². The second kappa shape index (κ2) is 21.2. The minimum atomic E-state index is -0.930. The zero-order valence-corrected chi connectivity index (χ0v) is 34.5. The minimum Gasteiger partial charge on any atom is -0.369 e. The van der Waals surface area contributed by atoms with Gasteiger partial charge >= 0.3 is 6.03 Å². The molecule has 6 amide bonds. The fourth-order valence-corrected chi connectivity index (χ4v) is 9.79. The van der Waals surface area contributed by atoms with Crippen molar-refractivity contribution in [3.63, 3.8) is 0 Å². The van der Waals surface area contributed by atoms with Gasteiger partial charge in [0.2, 0.25) is 17.7 Å². The molecule has 4 aliphatic rings. The van der Waals surface area contributed by atoms with Gasteiger partial charge in [-0.3, -0.25) is 24.1 Å². The molecule has 2 aliphatic heterocycles. The van der Waals surface area contributed by atoms with Crippen LogP contribution >= 0.6 is 12.6 Å². The lowest BCUT2D eigenvalue weighted by atomic mass is 9.84. The van der Waals surface area contributed by atoms with Crippen molar-refractivity contribution < 1.29 is 24.0 Å². The number of primary amides is 1. The van der Waals surface area contributed by atoms with E-state index < -0.39 is 29.3 Å². The summed E-state index contributed by atoms with van der Waals surface area (Å²) in [5.74, 6) is -1.21. The van der Waals surface area contributed by atoms with Crippen LogP contribution in [0.1, 0.15) is 126 Å². The van der Waals surface area contributed by atoms with Crippen LogP contribution in [0.2, 0.25) is 0 Å². The van der Waals surface area contributed by atoms with E-state index in [2.05, 4.69) is 38.8 Å². The molecule has 6 rings (SSSR count). The summed E-state index contributed by atoms with van der Waals surface area (Å²) in [6.45, 7) is 2.69. The molecule has 2 aliphatic carbocycles. The van der Waals surface area contributed by atoms with Gasteiger partial charge in [0.15, 0.2) is 0 Å². The quantitative estimate of drug-likeness (QED) is 0.0978. The number of unbranched alkanes of at least 4 members (excludes halogenated alkanes) is 1. The summed E-state index contributed by atoms with van der Waals surface area (Å²) in [4.78, 5) is 72.2. The van der Waals surface area contributed by atoms with Crippen molar-refractivity contribution in [2.45, 2.75) is 151 Å². The molecule has 0 spiro atoms. The average molecular weight is 804 g/mol. The van der Waals surface area contributed by atoms with Crippen LogP contribution in [-0.4, -0.2) is 101 Å². The van der Waals surface area contributed by atoms with Gasteiger partial charge in [0.05, 0.1) is 0 Å². The maximum absolute atomic E-state index is 14.9. The Morgan fingerprint density at radius 3 is 2.21 bits per heavy atom. The Morgan fingerprint density at radius 2 is 1.49 bits per heavy atom. The van der Waals surface area contributed by atoms with Gasteiger partial charge in [-0.25, -0.2) is 4.79 Å². The Morgan fingerprint density at radius 1 is 0.807 bits per heavy atom. The summed E-state index contributed by atoms with van der Waals surface area (Å²) in [6, 6.07) is 11.3. The first-order chi connectivity index (χ1) is 27.7. The normalized spacial score (nSPS) is 22.6. The number of likely N-dealkylation sites (tertiary alicyclic amines) is 2. The van der Waals surface area contributed by atoms with Crippen molar-refractivity contribution in [2.75, 3.05) is 26.2 Å². The SMILES string of the molecule is NC(=O)C(S)C(CCCCNC(=O)NC1CCCCC1)NC(=O)[C@@H]1C[C@@H](N2CCCCC2)CN1C(=O)[C@@H](CC1CCCCC1)NC(=O)c1ccc2ccccc2c1. The molecule has 2 unspecified atom stereocenters. The number of nitrogens with zero attached hydrogens (tertiary/aromatic N) is 2. The van der Waals surface area contributed by atoms with E-state index in [-0.39, 0.29) is 35.8 Å². The van der Waals surface area contributed by atoms with Crippen molar-refractivity contribution in [1.29, 1.82) is 0 Å². The van der Waals surface area contributed by atoms with Crippen molar-refractivity contribution in [3.8, 4) is 0 Å². The molecular weight excluding hydrogens is 739 g/mol. The number of benzene rings is 2. The first-order valence-electron chi connectivity index (χ1n) is 21.8. The number of carbonyl (C=O) groups excluding carboxylic acids is 5. The van der Waals surface area contributed by atoms with E-state index in [0.717, 1.165) is 88.1 Å². The highest BCUT2D eigenvalue weighted by molar-refractivity contribution is 7.81. The second-order valence-electron chi connectivity index (χ2n) is 17.0. The number of piperidine rings is 1. The molecule has 2 aromatic carbocycles. The van der Waals surface area contributed by atoms with Crippen molar-refractivity contribution in [3.05, 3.63) is 48.0 Å². The fourth-order valence-electron chi connectivity index (χ4n) is 9.56. The van der Waals surface area contributed by atoms with E-state index in [1.165, 1.54) is 19.3 Å². The third kappa shape index (κ3) is 12.1. The number of fused-ring (bicyclic) bond motifs is 1. The van der Waals surface area contributed by atoms with Crippen molar-refractivity contribution >= 4 is 53.1 Å². The Labute approximate surface area is 344 Å². The van der Waals surface area contributed by atoms with Crippen LogP contribution in [0.3, 0.4) is 0 Å². The minimum absolute atomic E-state index is 0.00346. The molecule has 2 heterocycles. The molecule has 57 heavy (non-hydrogen) atoms. The summed E-state index contributed by atoms with van der Waals surface area (Å²) < 4.78 is 0. The highest BCUT2D eigenvalue weighted by Gasteiger charge is 2.45. The van der Waals surface area contributed by atoms with Crippen LogP contribution in [-0.2, 0) is 14.4 Å². The number of hydrogen-bond donors (Lipinski definition) is 6. The van der Waals surface area contributed by atoms with Gasteiger partial charge in [0.25, 0.3) is 5.91 Å². The molecular formula is C44H65N7O5S. The van der Waals surface area contributed by atoms with E-state index in [0.29, 0.717) is 56.7 Å². The number of thiol groups is 1. The van der Waals surface area contributed by atoms with Gasteiger partial charge in [-0.2, -0.15) is 12.6 Å². The van der Waals surface area contributed by atoms with Crippen LogP contribution in [0.4, 0.5) is 4.79 Å². The van der Waals surface area contributed by atoms with E-state index in [1.54, 1.807) is 11.0 Å². The Bertz CT molecular complexity index is 1680. The van der Waals surface area contributed by atoms with Crippen molar-refractivity contribution in [2.24, 2.45) is 11.7 Å². The lowest BCUT2D eigenvalue weighted by molar-refractivity contribution is -0.140. The molecule has 12 nitrogen and oxygen atoms in total. The van der Waals surface area contributed by atoms with E-state index in [4.69, 9.17) is 5.73 Å². The number of nitrogens with one attached hydrogen (secondary N) is 4. The van der Waals surface area contributed by atoms with Crippen LogP contribution in [0.15, 0.2) is 42.5 Å². The van der Waals surface area contributed by atoms with Gasteiger partial charge in [-0.05, 0) is 99.7 Å². The van der Waals surface area contributed by atoms with Gasteiger partial charge < -0.3 is 31.9 Å². The van der Waals surface area contributed by atoms with Gasteiger partial charge in [0, 0.05) is 36.8 Å². The first-order valence-corrected chi connectivity index (χ1v) is 22.3. The first kappa shape index (κ1) is 42.8. The molecule has 6 N–H and O–H groups in total. The molecule has 2 saturated heterocycles. The van der Waals surface area contributed by atoms with E-state index in [9.17, 15) is 24.0 Å². The standard InChI is InChI=1S/C44H65N7O5S/c45-40(52)39(57)36(20-10-11-23-46-44(56)47-34-18-6-2-7-19-34)48-42(54)38-28-35(50-24-12-3-13-25-50)29-51(38)43(55)37(26-30-14-4-1-5-15-30)49-41(53)33-22-21-31-16-8-9-17-32(31)27-33/h8-9,16-17,21-22,27,30,34-39,57H,1-7,10-15,18-20,23-26,28-29H2,(H2,45,52)(H,48,54)(H,49,53)(H2,46,47,56)/t35-,36?,37-,38+,39?/m1/s1. The average Bonchev–Trinajstić information content (AvgIpc) is 3.69. The second-order valence-corrected chi connectivity index (χ2v) is 17.6. The summed E-state index contributed by atoms with van der Waals surface area (Å²) >= 11 is 4.53. The molecule has 2 aromatic rings. The van der Waals surface area contributed by atoms with Crippen LogP contribution in [0.5, 0.6) is 0 Å². The van der Waals surface area contributed by atoms with Gasteiger partial charge in [-0.1, -0.05) is 88.1 Å². The molecule has 4 fully saturated rings. The molecule has 2 saturated carbocycles. The summed E-state index contributed by atoms with van der Waals surface area (Å²) in [7, 11) is 0. The zero-order chi connectivity index (χ0) is 40.1. The number of nitrogens with two attached hydrogens (primary N) is 1. The predicted octanol–water partition coefficient (Wildman–Crippen LogP) is 5.43. The molecule has 0 radical (unpaired) electrons. The predicted molar refractivity (Wildman–Crippen MR) is 227 cm³/mol. The highest BCUT2D eigenvalue weighted by atomic mass is 32.1. The zero-order valence-electron chi connectivity index (χ0n) is 33.6. The molecule has 0 aromatic heterocycles. The number of hydrogen-bond acceptors (Lipinski definition) is 7. The Kier molecular flexibility index (Phi) is 15.9. The largest absolute Gasteiger partial charge is 0.369 e. The summed E-state index contributed by atoms with van der Waals surface area (Å²) in [6.07, 6.45) is 16.9. The maximum Gasteiger partial charge on any atom is 0.315 e. The third-order valence-corrected chi connectivity index (χ3v) is 13.5. The van der Waals surface area contributed by atoms with Crippen LogP contribution in [0.25, 0.3) is 10.8 Å². The summed E-state index contributed by atoms with van der Waals surface area (Å²) in [5, 5.41) is 13.3. The smallest absolute Gasteiger partial charge is 0.315 e. The fraction of sp³-hybridized carbons (Fsp3) is 0.659. The third-order valence-electron chi connectivity index (χ3n) is 12.8. The molecule has 0 bridgehead atoms. The lowest BCUT2D eigenvalue weighted by Gasteiger charge is -2.33. The number of carbonyl (C=O) groups is 5. The Balaban J connectivity index is 1.15. The lowest BCUT2D eigenvalue weighted by Crippen LogP contribution is -2.56. The topological polar surface area (TPSA) is 166 Å². The highest BCUT2D eigenvalue weighted by Crippen LogP contribution is 2.31. The van der Waals surface area contributed by atoms with E-state index in [1.807, 2.05) is 36.4 Å². The monoisotopic (exact) mass is 803 g/mol. The number of amides is 6. The Hall–Kier alpha value is -3.84. The van der Waals surface area contributed by atoms with Crippen molar-refractivity contribution in [1.82, 2.24) is 31.1 Å². The van der Waals surface area contributed by atoms with E-state index >= 15 is 0 Å². The molecule has 312 valence electrons. The molecule has 13 heteroatoms. The molecule has 5 atom stereocenters. The number of urea groups is 1. The van der Waals surface area contributed by atoms with Gasteiger partial charge in [-0.15, -0.1) is 0 Å².